The molecule has 6 nitrogen and oxygen atoms in total. The van der Waals surface area contributed by atoms with E-state index in [1.807, 2.05) is 5.32 Å². The lowest BCUT2D eigenvalue weighted by Crippen LogP contribution is -2.35. The molecular formula is C23H17Cl3FN3O3. The molecule has 0 saturated carbocycles. The summed E-state index contributed by atoms with van der Waals surface area (Å²) in [6, 6.07) is 7.85. The van der Waals surface area contributed by atoms with Gasteiger partial charge in [0, 0.05) is 5.02 Å². The normalized spacial score (nSPS) is 12.6. The topological polar surface area (TPSA) is 80.3 Å². The van der Waals surface area contributed by atoms with E-state index in [0.29, 0.717) is 10.8 Å². The summed E-state index contributed by atoms with van der Waals surface area (Å²) in [4.78, 5) is 28.5. The number of halogens is 4. The molecule has 0 bridgehead atoms. The average molecular weight is 509 g/mol. The number of urea groups is 1. The molecule has 3 amide bonds. The number of anilines is 1. The van der Waals surface area contributed by atoms with Crippen LogP contribution >= 0.6 is 34.8 Å². The molecule has 4 rings (SSSR count). The fourth-order valence-electron chi connectivity index (χ4n) is 3.60. The van der Waals surface area contributed by atoms with E-state index in [1.54, 1.807) is 12.1 Å². The van der Waals surface area contributed by atoms with E-state index in [2.05, 4.69) is 10.3 Å². The van der Waals surface area contributed by atoms with Crippen LogP contribution in [0.3, 0.4) is 0 Å². The predicted molar refractivity (Wildman–Crippen MR) is 125 cm³/mol. The van der Waals surface area contributed by atoms with Crippen molar-refractivity contribution in [2.75, 3.05) is 5.32 Å². The minimum absolute atomic E-state index is 0.115. The lowest BCUT2D eigenvalue weighted by atomic mass is 9.91. The maximum absolute atomic E-state index is 13.9. The van der Waals surface area contributed by atoms with Crippen molar-refractivity contribution in [1.82, 2.24) is 10.3 Å². The molecule has 10 heteroatoms. The number of nitrogens with zero attached hydrogens (tertiary/aromatic N) is 1. The smallest absolute Gasteiger partial charge is 0.326 e. The van der Waals surface area contributed by atoms with Gasteiger partial charge in [0.2, 0.25) is 5.88 Å². The number of benzene rings is 2. The lowest BCUT2D eigenvalue weighted by Gasteiger charge is -2.20. The second-order valence-electron chi connectivity index (χ2n) is 7.33. The van der Waals surface area contributed by atoms with Gasteiger partial charge in [-0.15, -0.1) is 0 Å². The van der Waals surface area contributed by atoms with Gasteiger partial charge in [-0.25, -0.2) is 14.2 Å². The van der Waals surface area contributed by atoms with Gasteiger partial charge in [-0.3, -0.25) is 10.1 Å². The number of amides is 3. The molecule has 0 saturated heterocycles. The van der Waals surface area contributed by atoms with Crippen LogP contribution in [0.1, 0.15) is 34.3 Å². The molecule has 2 N–H and O–H groups in total. The van der Waals surface area contributed by atoms with Crippen molar-refractivity contribution < 1.29 is 18.7 Å². The summed E-state index contributed by atoms with van der Waals surface area (Å²) in [6.07, 6.45) is 5.18. The van der Waals surface area contributed by atoms with E-state index in [-0.39, 0.29) is 21.6 Å². The van der Waals surface area contributed by atoms with Gasteiger partial charge in [-0.2, -0.15) is 0 Å². The molecule has 0 fully saturated rings. The molecule has 0 radical (unpaired) electrons. The molecule has 0 spiro atoms. The highest BCUT2D eigenvalue weighted by atomic mass is 35.5. The Hall–Kier alpha value is -2.87. The zero-order valence-corrected chi connectivity index (χ0v) is 19.3. The number of hydrogen-bond acceptors (Lipinski definition) is 4. The molecule has 2 aromatic carbocycles. The first-order chi connectivity index (χ1) is 15.8. The number of hydrogen-bond donors (Lipinski definition) is 2. The molecular weight excluding hydrogens is 492 g/mol. The average Bonchev–Trinajstić information content (AvgIpc) is 2.77. The highest BCUT2D eigenvalue weighted by Gasteiger charge is 2.20. The maximum atomic E-state index is 13.9. The number of ether oxygens (including phenoxy) is 1. The Balaban J connectivity index is 1.45. The first-order valence-electron chi connectivity index (χ1n) is 10.0. The largest absolute Gasteiger partial charge is 0.437 e. The molecule has 3 aromatic rings. The van der Waals surface area contributed by atoms with E-state index in [4.69, 9.17) is 39.5 Å². The van der Waals surface area contributed by atoms with Gasteiger partial charge in [0.25, 0.3) is 5.91 Å². The van der Waals surface area contributed by atoms with Crippen molar-refractivity contribution >= 4 is 52.4 Å². The molecule has 1 aromatic heterocycles. The Labute approximate surface area is 204 Å². The van der Waals surface area contributed by atoms with Crippen molar-refractivity contribution in [3.8, 4) is 11.6 Å². The summed E-state index contributed by atoms with van der Waals surface area (Å²) in [5.74, 6) is -1.04. The molecule has 0 unspecified atom stereocenters. The second-order valence-corrected chi connectivity index (χ2v) is 8.55. The number of carbonyl (C=O) groups is 2. The van der Waals surface area contributed by atoms with E-state index >= 15 is 0 Å². The minimum atomic E-state index is -0.984. The number of carbonyl (C=O) groups excluding carboxylic acids is 2. The van der Waals surface area contributed by atoms with Crippen molar-refractivity contribution in [2.45, 2.75) is 25.7 Å². The first kappa shape index (κ1) is 23.3. The van der Waals surface area contributed by atoms with Crippen molar-refractivity contribution in [1.29, 1.82) is 0 Å². The Kier molecular flexibility index (Phi) is 7.02. The maximum Gasteiger partial charge on any atom is 0.326 e. The highest BCUT2D eigenvalue weighted by molar-refractivity contribution is 6.34. The van der Waals surface area contributed by atoms with Gasteiger partial charge < -0.3 is 10.1 Å². The monoisotopic (exact) mass is 507 g/mol. The third-order valence-corrected chi connectivity index (χ3v) is 6.06. The van der Waals surface area contributed by atoms with Gasteiger partial charge in [-0.1, -0.05) is 40.9 Å². The van der Waals surface area contributed by atoms with E-state index in [9.17, 15) is 14.0 Å². The van der Waals surface area contributed by atoms with Gasteiger partial charge in [0.15, 0.2) is 0 Å². The number of rotatable bonds is 4. The summed E-state index contributed by atoms with van der Waals surface area (Å²) in [5, 5.41) is 5.18. The van der Waals surface area contributed by atoms with Crippen LogP contribution in [-0.4, -0.2) is 16.9 Å². The van der Waals surface area contributed by atoms with Crippen LogP contribution in [0.5, 0.6) is 11.6 Å². The summed E-state index contributed by atoms with van der Waals surface area (Å²) in [7, 11) is 0. The third-order valence-electron chi connectivity index (χ3n) is 5.12. The van der Waals surface area contributed by atoms with Gasteiger partial charge in [-0.05, 0) is 67.1 Å². The van der Waals surface area contributed by atoms with Crippen LogP contribution in [0.25, 0.3) is 0 Å². The van der Waals surface area contributed by atoms with Crippen LogP contribution in [-0.2, 0) is 12.8 Å². The Morgan fingerprint density at radius 1 is 0.970 bits per heavy atom. The fraction of sp³-hybridized carbons (Fsp3) is 0.174. The molecule has 1 aliphatic carbocycles. The quantitative estimate of drug-likeness (QED) is 0.405. The molecule has 170 valence electrons. The van der Waals surface area contributed by atoms with Gasteiger partial charge in [0.1, 0.15) is 16.6 Å². The summed E-state index contributed by atoms with van der Waals surface area (Å²) >= 11 is 18.5. The number of nitrogens with one attached hydrogen (secondary N) is 2. The van der Waals surface area contributed by atoms with Gasteiger partial charge in [0.05, 0.1) is 22.5 Å². The standard InChI is InChI=1S/C23H17Cl3FN3O3/c24-15-8-9-19(14-5-2-1-4-13(14)15)33-22-17(26)10-12(11-28-22)29-23(32)30-21(31)20-16(25)6-3-7-18(20)27/h3,6-11H,1-2,4-5H2,(H2,29,30,31,32). The Bertz CT molecular complexity index is 1230. The Morgan fingerprint density at radius 2 is 1.73 bits per heavy atom. The first-order valence-corrected chi connectivity index (χ1v) is 11.2. The number of fused-ring (bicyclic) bond motifs is 1. The highest BCUT2D eigenvalue weighted by Crippen LogP contribution is 2.38. The second kappa shape index (κ2) is 9.95. The molecule has 1 heterocycles. The molecule has 0 aliphatic heterocycles. The van der Waals surface area contributed by atoms with Crippen LogP contribution in [0.4, 0.5) is 14.9 Å². The van der Waals surface area contributed by atoms with E-state index in [0.717, 1.165) is 42.9 Å². The van der Waals surface area contributed by atoms with Gasteiger partial charge >= 0.3 is 6.03 Å². The lowest BCUT2D eigenvalue weighted by molar-refractivity contribution is 0.0963. The van der Waals surface area contributed by atoms with Crippen LogP contribution in [0, 0.1) is 5.82 Å². The van der Waals surface area contributed by atoms with Crippen molar-refractivity contribution in [2.24, 2.45) is 0 Å². The Morgan fingerprint density at radius 3 is 2.45 bits per heavy atom. The van der Waals surface area contributed by atoms with Crippen LogP contribution in [0.15, 0.2) is 42.6 Å². The summed E-state index contributed by atoms with van der Waals surface area (Å²) in [6.45, 7) is 0. The SMILES string of the molecule is O=C(NC(=O)c1c(F)cccc1Cl)Nc1cnc(Oc2ccc(Cl)c3c2CCCC3)c(Cl)c1. The van der Waals surface area contributed by atoms with Crippen molar-refractivity contribution in [3.63, 3.8) is 0 Å². The number of aromatic nitrogens is 1. The number of pyridine rings is 1. The summed E-state index contributed by atoms with van der Waals surface area (Å²) < 4.78 is 19.8. The summed E-state index contributed by atoms with van der Waals surface area (Å²) in [5.41, 5.74) is 1.89. The zero-order valence-electron chi connectivity index (χ0n) is 17.1. The van der Waals surface area contributed by atoms with E-state index in [1.165, 1.54) is 24.4 Å². The van der Waals surface area contributed by atoms with Crippen LogP contribution < -0.4 is 15.4 Å². The van der Waals surface area contributed by atoms with Crippen LogP contribution in [0.2, 0.25) is 15.1 Å². The zero-order chi connectivity index (χ0) is 23.5. The number of imide groups is 1. The minimum Gasteiger partial charge on any atom is -0.437 e. The predicted octanol–water partition coefficient (Wildman–Crippen LogP) is 6.81. The third kappa shape index (κ3) is 5.21. The van der Waals surface area contributed by atoms with E-state index < -0.39 is 23.3 Å². The molecule has 0 atom stereocenters. The molecule has 1 aliphatic rings. The molecule has 33 heavy (non-hydrogen) atoms. The van der Waals surface area contributed by atoms with Crippen molar-refractivity contribution in [3.05, 3.63) is 80.2 Å². The fourth-order valence-corrected chi connectivity index (χ4v) is 4.33.